The van der Waals surface area contributed by atoms with Crippen molar-refractivity contribution in [1.29, 1.82) is 5.26 Å². The third-order valence-corrected chi connectivity index (χ3v) is 3.52. The molecule has 1 saturated carbocycles. The predicted molar refractivity (Wildman–Crippen MR) is 64.3 cm³/mol. The van der Waals surface area contributed by atoms with Crippen molar-refractivity contribution < 1.29 is 9.21 Å². The van der Waals surface area contributed by atoms with Gasteiger partial charge in [0.25, 0.3) is 0 Å². The third kappa shape index (κ3) is 2.10. The maximum atomic E-state index is 12.0. The van der Waals surface area contributed by atoms with Crippen LogP contribution in [0.15, 0.2) is 4.42 Å². The second-order valence-electron chi connectivity index (χ2n) is 5.14. The first kappa shape index (κ1) is 12.6. The van der Waals surface area contributed by atoms with Crippen LogP contribution in [0, 0.1) is 36.5 Å². The van der Waals surface area contributed by atoms with E-state index >= 15 is 0 Å². The Morgan fingerprint density at radius 2 is 2.28 bits per heavy atom. The predicted octanol–water partition coefficient (Wildman–Crippen LogP) is 1.85. The first-order valence-corrected chi connectivity index (χ1v) is 6.09. The van der Waals surface area contributed by atoms with E-state index < -0.39 is 5.41 Å². The van der Waals surface area contributed by atoms with E-state index in [0.29, 0.717) is 24.7 Å². The molecule has 1 amide bonds. The SMILES string of the molecule is Cc1nc(CNC(=O)C2(C#N)CC(C)C2)oc1C. The van der Waals surface area contributed by atoms with Crippen LogP contribution >= 0.6 is 0 Å². The van der Waals surface area contributed by atoms with Gasteiger partial charge >= 0.3 is 0 Å². The average Bonchev–Trinajstić information content (AvgIpc) is 2.61. The highest BCUT2D eigenvalue weighted by Crippen LogP contribution is 2.45. The van der Waals surface area contributed by atoms with Gasteiger partial charge in [-0.05, 0) is 32.6 Å². The van der Waals surface area contributed by atoms with Gasteiger partial charge in [-0.15, -0.1) is 0 Å². The van der Waals surface area contributed by atoms with Crippen LogP contribution in [-0.2, 0) is 11.3 Å². The molecular formula is C13H17N3O2. The zero-order valence-electron chi connectivity index (χ0n) is 10.9. The quantitative estimate of drug-likeness (QED) is 0.884. The summed E-state index contributed by atoms with van der Waals surface area (Å²) in [5.41, 5.74) is -0.0117. The first-order valence-electron chi connectivity index (χ1n) is 6.09. The minimum absolute atomic E-state index is 0.211. The monoisotopic (exact) mass is 247 g/mol. The fraction of sp³-hybridized carbons (Fsp3) is 0.615. The molecule has 0 radical (unpaired) electrons. The van der Waals surface area contributed by atoms with Crippen LogP contribution in [0.4, 0.5) is 0 Å². The molecule has 2 rings (SSSR count). The Bertz CT molecular complexity index is 487. The van der Waals surface area contributed by atoms with Crippen molar-refractivity contribution in [3.05, 3.63) is 17.3 Å². The average molecular weight is 247 g/mol. The highest BCUT2D eigenvalue weighted by atomic mass is 16.4. The summed E-state index contributed by atoms with van der Waals surface area (Å²) < 4.78 is 5.38. The number of amides is 1. The summed E-state index contributed by atoms with van der Waals surface area (Å²) in [5, 5.41) is 11.9. The van der Waals surface area contributed by atoms with E-state index in [1.165, 1.54) is 0 Å². The van der Waals surface area contributed by atoms with Gasteiger partial charge in [0.15, 0.2) is 0 Å². The Morgan fingerprint density at radius 1 is 1.61 bits per heavy atom. The molecule has 1 fully saturated rings. The van der Waals surface area contributed by atoms with E-state index in [-0.39, 0.29) is 12.5 Å². The summed E-state index contributed by atoms with van der Waals surface area (Å²) >= 11 is 0. The molecule has 1 aromatic heterocycles. The standard InChI is InChI=1S/C13H17N3O2/c1-8-4-13(5-8,7-14)12(17)15-6-11-16-9(2)10(3)18-11/h8H,4-6H2,1-3H3,(H,15,17). The molecule has 0 saturated heterocycles. The molecule has 1 heterocycles. The lowest BCUT2D eigenvalue weighted by Crippen LogP contribution is -2.47. The number of aryl methyl sites for hydroxylation is 2. The lowest BCUT2D eigenvalue weighted by Gasteiger charge is -2.39. The van der Waals surface area contributed by atoms with E-state index in [4.69, 9.17) is 9.68 Å². The molecular weight excluding hydrogens is 230 g/mol. The van der Waals surface area contributed by atoms with Crippen LogP contribution in [0.5, 0.6) is 0 Å². The number of oxazole rings is 1. The molecule has 18 heavy (non-hydrogen) atoms. The lowest BCUT2D eigenvalue weighted by molar-refractivity contribution is -0.134. The van der Waals surface area contributed by atoms with Crippen molar-refractivity contribution in [2.45, 2.75) is 40.2 Å². The molecule has 5 heteroatoms. The molecule has 1 aliphatic rings. The number of hydrogen-bond donors (Lipinski definition) is 1. The van der Waals surface area contributed by atoms with Gasteiger partial charge in [0.2, 0.25) is 11.8 Å². The van der Waals surface area contributed by atoms with Gasteiger partial charge in [-0.25, -0.2) is 4.98 Å². The summed E-state index contributed by atoms with van der Waals surface area (Å²) in [6.45, 7) is 5.97. The summed E-state index contributed by atoms with van der Waals surface area (Å²) in [7, 11) is 0. The third-order valence-electron chi connectivity index (χ3n) is 3.52. The van der Waals surface area contributed by atoms with Gasteiger partial charge in [0, 0.05) is 0 Å². The lowest BCUT2D eigenvalue weighted by atomic mass is 9.63. The number of hydrogen-bond acceptors (Lipinski definition) is 4. The second kappa shape index (κ2) is 4.45. The highest BCUT2D eigenvalue weighted by Gasteiger charge is 2.48. The Kier molecular flexibility index (Phi) is 3.12. The molecule has 0 atom stereocenters. The van der Waals surface area contributed by atoms with Crippen molar-refractivity contribution in [2.24, 2.45) is 11.3 Å². The van der Waals surface area contributed by atoms with Crippen LogP contribution < -0.4 is 5.32 Å². The smallest absolute Gasteiger partial charge is 0.240 e. The van der Waals surface area contributed by atoms with Gasteiger partial charge < -0.3 is 9.73 Å². The molecule has 0 bridgehead atoms. The topological polar surface area (TPSA) is 78.9 Å². The van der Waals surface area contributed by atoms with Crippen LogP contribution in [0.1, 0.15) is 37.1 Å². The Labute approximate surface area is 106 Å². The molecule has 0 aromatic carbocycles. The van der Waals surface area contributed by atoms with Crippen molar-refractivity contribution in [3.63, 3.8) is 0 Å². The van der Waals surface area contributed by atoms with Crippen molar-refractivity contribution in [3.8, 4) is 6.07 Å². The molecule has 1 N–H and O–H groups in total. The summed E-state index contributed by atoms with van der Waals surface area (Å²) in [6, 6.07) is 2.13. The van der Waals surface area contributed by atoms with Gasteiger partial charge in [-0.1, -0.05) is 6.92 Å². The Hall–Kier alpha value is -1.83. The number of nitriles is 1. The molecule has 1 aromatic rings. The molecule has 5 nitrogen and oxygen atoms in total. The zero-order valence-corrected chi connectivity index (χ0v) is 10.9. The normalized spacial score (nSPS) is 26.2. The summed E-state index contributed by atoms with van der Waals surface area (Å²) in [6.07, 6.45) is 1.28. The second-order valence-corrected chi connectivity index (χ2v) is 5.14. The van der Waals surface area contributed by atoms with E-state index in [9.17, 15) is 4.79 Å². The number of carbonyl (C=O) groups excluding carboxylic acids is 1. The summed E-state index contributed by atoms with van der Waals surface area (Å²) in [4.78, 5) is 16.2. The highest BCUT2D eigenvalue weighted by molar-refractivity contribution is 5.86. The van der Waals surface area contributed by atoms with E-state index in [1.807, 2.05) is 20.8 Å². The van der Waals surface area contributed by atoms with Crippen LogP contribution in [0.2, 0.25) is 0 Å². The Morgan fingerprint density at radius 3 is 2.72 bits per heavy atom. The number of nitrogens with one attached hydrogen (secondary N) is 1. The van der Waals surface area contributed by atoms with Crippen molar-refractivity contribution in [1.82, 2.24) is 10.3 Å². The van der Waals surface area contributed by atoms with E-state index in [2.05, 4.69) is 16.4 Å². The maximum absolute atomic E-state index is 12.0. The molecule has 0 aliphatic heterocycles. The van der Waals surface area contributed by atoms with E-state index in [1.54, 1.807) is 0 Å². The largest absolute Gasteiger partial charge is 0.444 e. The fourth-order valence-corrected chi connectivity index (χ4v) is 2.40. The number of aromatic nitrogens is 1. The molecule has 96 valence electrons. The van der Waals surface area contributed by atoms with Gasteiger partial charge in [-0.3, -0.25) is 4.79 Å². The Balaban J connectivity index is 1.95. The molecule has 0 spiro atoms. The minimum atomic E-state index is -0.837. The minimum Gasteiger partial charge on any atom is -0.444 e. The van der Waals surface area contributed by atoms with Crippen molar-refractivity contribution >= 4 is 5.91 Å². The number of carbonyl (C=O) groups is 1. The van der Waals surface area contributed by atoms with Crippen LogP contribution in [0.3, 0.4) is 0 Å². The maximum Gasteiger partial charge on any atom is 0.240 e. The summed E-state index contributed by atoms with van der Waals surface area (Å²) in [5.74, 6) is 1.48. The van der Waals surface area contributed by atoms with Gasteiger partial charge in [0.05, 0.1) is 18.3 Å². The van der Waals surface area contributed by atoms with Crippen LogP contribution in [-0.4, -0.2) is 10.9 Å². The molecule has 0 unspecified atom stereocenters. The fourth-order valence-electron chi connectivity index (χ4n) is 2.40. The number of nitrogens with zero attached hydrogens (tertiary/aromatic N) is 2. The molecule has 1 aliphatic carbocycles. The first-order chi connectivity index (χ1) is 8.47. The van der Waals surface area contributed by atoms with Gasteiger partial charge in [-0.2, -0.15) is 5.26 Å². The van der Waals surface area contributed by atoms with E-state index in [0.717, 1.165) is 11.5 Å². The zero-order chi connectivity index (χ0) is 13.3. The number of rotatable bonds is 3. The van der Waals surface area contributed by atoms with Crippen LogP contribution in [0.25, 0.3) is 0 Å². The van der Waals surface area contributed by atoms with Crippen molar-refractivity contribution in [2.75, 3.05) is 0 Å². The van der Waals surface area contributed by atoms with Gasteiger partial charge in [0.1, 0.15) is 11.2 Å².